The van der Waals surface area contributed by atoms with Crippen molar-refractivity contribution in [1.82, 2.24) is 19.7 Å². The minimum atomic E-state index is 0.427. The summed E-state index contributed by atoms with van der Waals surface area (Å²) in [5.41, 5.74) is 0.825. The van der Waals surface area contributed by atoms with Crippen molar-refractivity contribution in [2.75, 3.05) is 18.5 Å². The molecule has 0 aliphatic heterocycles. The number of ether oxygens (including phenoxy) is 1. The summed E-state index contributed by atoms with van der Waals surface area (Å²) in [6, 6.07) is 0. The summed E-state index contributed by atoms with van der Waals surface area (Å²) in [7, 11) is 1.87. The van der Waals surface area contributed by atoms with Crippen molar-refractivity contribution in [1.29, 1.82) is 0 Å². The second kappa shape index (κ2) is 5.09. The van der Waals surface area contributed by atoms with E-state index in [2.05, 4.69) is 20.4 Å². The summed E-state index contributed by atoms with van der Waals surface area (Å²) in [6.07, 6.45) is 1.78. The maximum atomic E-state index is 5.34. The molecule has 0 saturated heterocycles. The molecule has 2 aromatic heterocycles. The smallest absolute Gasteiger partial charge is 0.163 e. The predicted octanol–water partition coefficient (Wildman–Crippen LogP) is 1.33. The van der Waals surface area contributed by atoms with E-state index in [1.54, 1.807) is 10.9 Å². The van der Waals surface area contributed by atoms with Gasteiger partial charge in [-0.2, -0.15) is 5.10 Å². The Balaban J connectivity index is 2.44. The Morgan fingerprint density at radius 1 is 1.35 bits per heavy atom. The van der Waals surface area contributed by atoms with Crippen LogP contribution < -0.4 is 5.32 Å². The lowest BCUT2D eigenvalue weighted by molar-refractivity contribution is 0.128. The molecule has 1 N–H and O–H groups in total. The third-order valence-corrected chi connectivity index (χ3v) is 2.42. The normalized spacial score (nSPS) is 11.0. The Kier molecular flexibility index (Phi) is 3.53. The molecule has 6 nitrogen and oxygen atoms in total. The first-order valence-electron chi connectivity index (χ1n) is 5.76. The fraction of sp³-hybridized carbons (Fsp3) is 0.545. The van der Waals surface area contributed by atoms with Crippen LogP contribution in [0.5, 0.6) is 0 Å². The first kappa shape index (κ1) is 11.8. The van der Waals surface area contributed by atoms with Crippen molar-refractivity contribution < 1.29 is 4.74 Å². The Labute approximate surface area is 100 Å². The molecule has 0 fully saturated rings. The van der Waals surface area contributed by atoms with Crippen molar-refractivity contribution in [2.45, 2.75) is 20.5 Å². The van der Waals surface area contributed by atoms with Crippen LogP contribution in [0.2, 0.25) is 0 Å². The van der Waals surface area contributed by atoms with Crippen LogP contribution in [0.15, 0.2) is 6.20 Å². The molecular weight excluding hydrogens is 218 g/mol. The lowest BCUT2D eigenvalue weighted by atomic mass is 10.3. The van der Waals surface area contributed by atoms with E-state index in [9.17, 15) is 0 Å². The highest BCUT2D eigenvalue weighted by Gasteiger charge is 2.10. The number of aromatic nitrogens is 4. The molecule has 0 aromatic carbocycles. The molecule has 2 aromatic rings. The highest BCUT2D eigenvalue weighted by molar-refractivity contribution is 5.86. The van der Waals surface area contributed by atoms with Crippen molar-refractivity contribution in [3.05, 3.63) is 12.0 Å². The molecular formula is C11H17N5O. The van der Waals surface area contributed by atoms with E-state index in [4.69, 9.17) is 4.74 Å². The number of hydrogen-bond donors (Lipinski definition) is 1. The van der Waals surface area contributed by atoms with Gasteiger partial charge in [-0.25, -0.2) is 9.97 Å². The summed E-state index contributed by atoms with van der Waals surface area (Å²) in [5.74, 6) is 1.50. The average molecular weight is 235 g/mol. The SMILES string of the molecule is CCNc1nc(COCC)nc2c1cnn2C. The van der Waals surface area contributed by atoms with Crippen LogP contribution in [-0.2, 0) is 18.4 Å². The molecule has 0 atom stereocenters. The summed E-state index contributed by atoms with van der Waals surface area (Å²) in [4.78, 5) is 8.88. The quantitative estimate of drug-likeness (QED) is 0.847. The minimum Gasteiger partial charge on any atom is -0.374 e. The van der Waals surface area contributed by atoms with Gasteiger partial charge in [-0.15, -0.1) is 0 Å². The van der Waals surface area contributed by atoms with Gasteiger partial charge in [0.25, 0.3) is 0 Å². The van der Waals surface area contributed by atoms with Gasteiger partial charge in [0, 0.05) is 20.2 Å². The number of anilines is 1. The van der Waals surface area contributed by atoms with E-state index in [0.717, 1.165) is 23.4 Å². The van der Waals surface area contributed by atoms with Gasteiger partial charge in [-0.1, -0.05) is 0 Å². The van der Waals surface area contributed by atoms with Crippen LogP contribution in [-0.4, -0.2) is 32.9 Å². The Hall–Kier alpha value is -1.69. The zero-order chi connectivity index (χ0) is 12.3. The molecule has 0 saturated carbocycles. The second-order valence-corrected chi connectivity index (χ2v) is 3.66. The number of aryl methyl sites for hydroxylation is 1. The van der Waals surface area contributed by atoms with E-state index in [1.165, 1.54) is 0 Å². The van der Waals surface area contributed by atoms with Gasteiger partial charge in [-0.05, 0) is 13.8 Å². The third kappa shape index (κ3) is 2.36. The van der Waals surface area contributed by atoms with Crippen molar-refractivity contribution in [2.24, 2.45) is 7.05 Å². The van der Waals surface area contributed by atoms with Gasteiger partial charge >= 0.3 is 0 Å². The maximum absolute atomic E-state index is 5.34. The maximum Gasteiger partial charge on any atom is 0.163 e. The van der Waals surface area contributed by atoms with Crippen molar-refractivity contribution in [3.8, 4) is 0 Å². The molecule has 0 aliphatic carbocycles. The topological polar surface area (TPSA) is 64.9 Å². The fourth-order valence-corrected chi connectivity index (χ4v) is 1.63. The van der Waals surface area contributed by atoms with E-state index < -0.39 is 0 Å². The van der Waals surface area contributed by atoms with Crippen molar-refractivity contribution in [3.63, 3.8) is 0 Å². The number of hydrogen-bond acceptors (Lipinski definition) is 5. The van der Waals surface area contributed by atoms with Crippen LogP contribution >= 0.6 is 0 Å². The Morgan fingerprint density at radius 2 is 2.18 bits per heavy atom. The number of nitrogens with zero attached hydrogens (tertiary/aromatic N) is 4. The molecule has 0 amide bonds. The molecule has 0 bridgehead atoms. The third-order valence-electron chi connectivity index (χ3n) is 2.42. The van der Waals surface area contributed by atoms with Crippen LogP contribution in [0.1, 0.15) is 19.7 Å². The van der Waals surface area contributed by atoms with Gasteiger partial charge < -0.3 is 10.1 Å². The Morgan fingerprint density at radius 3 is 2.88 bits per heavy atom. The molecule has 2 heterocycles. The number of fused-ring (bicyclic) bond motifs is 1. The van der Waals surface area contributed by atoms with Gasteiger partial charge in [0.2, 0.25) is 0 Å². The lowest BCUT2D eigenvalue weighted by Gasteiger charge is -2.07. The van der Waals surface area contributed by atoms with E-state index in [0.29, 0.717) is 19.0 Å². The second-order valence-electron chi connectivity index (χ2n) is 3.66. The van der Waals surface area contributed by atoms with E-state index in [-0.39, 0.29) is 0 Å². The average Bonchev–Trinajstić information content (AvgIpc) is 2.69. The first-order valence-corrected chi connectivity index (χ1v) is 5.76. The van der Waals surface area contributed by atoms with Gasteiger partial charge in [0.1, 0.15) is 12.4 Å². The predicted molar refractivity (Wildman–Crippen MR) is 65.8 cm³/mol. The number of nitrogens with one attached hydrogen (secondary N) is 1. The largest absolute Gasteiger partial charge is 0.374 e. The van der Waals surface area contributed by atoms with Crippen LogP contribution in [0.4, 0.5) is 5.82 Å². The monoisotopic (exact) mass is 235 g/mol. The highest BCUT2D eigenvalue weighted by atomic mass is 16.5. The summed E-state index contributed by atoms with van der Waals surface area (Å²) >= 11 is 0. The standard InChI is InChI=1S/C11H17N5O/c1-4-12-10-8-6-13-16(3)11(8)15-9(14-10)7-17-5-2/h6H,4-5,7H2,1-3H3,(H,12,14,15). The zero-order valence-corrected chi connectivity index (χ0v) is 10.4. The van der Waals surface area contributed by atoms with Gasteiger partial charge in [-0.3, -0.25) is 4.68 Å². The summed E-state index contributed by atoms with van der Waals surface area (Å²) in [5, 5.41) is 8.35. The molecule has 92 valence electrons. The van der Waals surface area contributed by atoms with Gasteiger partial charge in [0.15, 0.2) is 11.5 Å². The van der Waals surface area contributed by atoms with Crippen LogP contribution in [0.3, 0.4) is 0 Å². The first-order chi connectivity index (χ1) is 8.26. The molecule has 0 radical (unpaired) electrons. The lowest BCUT2D eigenvalue weighted by Crippen LogP contribution is -2.06. The Bertz CT molecular complexity index is 508. The molecule has 17 heavy (non-hydrogen) atoms. The van der Waals surface area contributed by atoms with Gasteiger partial charge in [0.05, 0.1) is 11.6 Å². The van der Waals surface area contributed by atoms with E-state index >= 15 is 0 Å². The van der Waals surface area contributed by atoms with Crippen molar-refractivity contribution >= 4 is 16.9 Å². The zero-order valence-electron chi connectivity index (χ0n) is 10.4. The van der Waals surface area contributed by atoms with E-state index in [1.807, 2.05) is 20.9 Å². The fourth-order valence-electron chi connectivity index (χ4n) is 1.63. The summed E-state index contributed by atoms with van der Waals surface area (Å²) in [6.45, 7) is 5.88. The highest BCUT2D eigenvalue weighted by Crippen LogP contribution is 2.19. The minimum absolute atomic E-state index is 0.427. The molecule has 0 spiro atoms. The number of rotatable bonds is 5. The van der Waals surface area contributed by atoms with Crippen LogP contribution in [0, 0.1) is 0 Å². The molecule has 0 unspecified atom stereocenters. The molecule has 2 rings (SSSR count). The summed E-state index contributed by atoms with van der Waals surface area (Å²) < 4.78 is 7.08. The van der Waals surface area contributed by atoms with Crippen LogP contribution in [0.25, 0.3) is 11.0 Å². The molecule has 0 aliphatic rings. The molecule has 6 heteroatoms.